The minimum Gasteiger partial charge on any atom is -0.313 e. The molecular formula is C9H10N3O4+. The van der Waals surface area contributed by atoms with E-state index in [0.717, 1.165) is 0 Å². The molecule has 7 nitrogen and oxygen atoms in total. The molecule has 1 amide bonds. The highest BCUT2D eigenvalue weighted by Crippen LogP contribution is 2.20. The van der Waals surface area contributed by atoms with Gasteiger partial charge in [-0.2, -0.15) is 5.06 Å². The van der Waals surface area contributed by atoms with Crippen LogP contribution in [-0.4, -0.2) is 27.6 Å². The number of carbonyl (C=O) groups is 1. The standard InChI is InChI=1S/C9H9N3O4/c13-8-5-10-9(11(8)14)6-2-1-3-7(4-6)12(15)16/h1-4,9-10,14H,5H2/p+1/t9-/m1/s1. The Hall–Kier alpha value is -1.99. The summed E-state index contributed by atoms with van der Waals surface area (Å²) in [4.78, 5) is 21.1. The van der Waals surface area contributed by atoms with Gasteiger partial charge in [-0.3, -0.25) is 20.1 Å². The molecule has 84 valence electrons. The Balaban J connectivity index is 2.31. The fourth-order valence-electron chi connectivity index (χ4n) is 1.66. The van der Waals surface area contributed by atoms with Gasteiger partial charge in [-0.05, 0) is 0 Å². The van der Waals surface area contributed by atoms with Gasteiger partial charge in [0, 0.05) is 17.7 Å². The van der Waals surface area contributed by atoms with Gasteiger partial charge >= 0.3 is 5.91 Å². The van der Waals surface area contributed by atoms with Gasteiger partial charge < -0.3 is 5.32 Å². The third-order valence-electron chi connectivity index (χ3n) is 2.46. The van der Waals surface area contributed by atoms with Crippen LogP contribution in [0.25, 0.3) is 0 Å². The van der Waals surface area contributed by atoms with Gasteiger partial charge in [-0.15, -0.1) is 0 Å². The number of benzene rings is 1. The highest BCUT2D eigenvalue weighted by molar-refractivity contribution is 5.77. The molecule has 1 atom stereocenters. The second kappa shape index (κ2) is 3.87. The predicted molar refractivity (Wildman–Crippen MR) is 51.3 cm³/mol. The van der Waals surface area contributed by atoms with E-state index in [2.05, 4.69) is 0 Å². The summed E-state index contributed by atoms with van der Waals surface area (Å²) in [6.07, 6.45) is -0.590. The lowest BCUT2D eigenvalue weighted by molar-refractivity contribution is -0.694. The van der Waals surface area contributed by atoms with Crippen molar-refractivity contribution in [2.75, 3.05) is 6.54 Å². The van der Waals surface area contributed by atoms with E-state index in [4.69, 9.17) is 0 Å². The molecule has 1 aromatic rings. The third-order valence-corrected chi connectivity index (χ3v) is 2.46. The number of amides is 1. The van der Waals surface area contributed by atoms with Crippen LogP contribution in [0.3, 0.4) is 0 Å². The number of nitrogens with two attached hydrogens (primary N) is 1. The molecular weight excluding hydrogens is 214 g/mol. The highest BCUT2D eigenvalue weighted by atomic mass is 16.6. The van der Waals surface area contributed by atoms with Gasteiger partial charge in [-0.25, -0.2) is 0 Å². The van der Waals surface area contributed by atoms with E-state index in [1.807, 2.05) is 0 Å². The van der Waals surface area contributed by atoms with Crippen molar-refractivity contribution in [1.29, 1.82) is 0 Å². The Morgan fingerprint density at radius 3 is 2.88 bits per heavy atom. The Kier molecular flexibility index (Phi) is 2.55. The first-order valence-corrected chi connectivity index (χ1v) is 4.68. The number of nitro benzene ring substituents is 1. The van der Waals surface area contributed by atoms with E-state index in [1.54, 1.807) is 11.4 Å². The maximum Gasteiger partial charge on any atom is 0.306 e. The second-order valence-electron chi connectivity index (χ2n) is 3.48. The first-order chi connectivity index (χ1) is 7.59. The van der Waals surface area contributed by atoms with E-state index >= 15 is 0 Å². The van der Waals surface area contributed by atoms with E-state index in [9.17, 15) is 20.1 Å². The number of nitrogens with zero attached hydrogens (tertiary/aromatic N) is 2. The Bertz CT molecular complexity index is 448. The molecule has 1 aliphatic heterocycles. The van der Waals surface area contributed by atoms with E-state index in [0.29, 0.717) is 10.6 Å². The molecule has 0 aliphatic carbocycles. The van der Waals surface area contributed by atoms with Crippen molar-refractivity contribution in [1.82, 2.24) is 5.06 Å². The van der Waals surface area contributed by atoms with Crippen molar-refractivity contribution >= 4 is 11.6 Å². The fraction of sp³-hybridized carbons (Fsp3) is 0.222. The van der Waals surface area contributed by atoms with Gasteiger partial charge in [0.25, 0.3) is 5.69 Å². The zero-order chi connectivity index (χ0) is 11.7. The molecule has 1 saturated heterocycles. The van der Waals surface area contributed by atoms with Crippen molar-refractivity contribution in [3.8, 4) is 0 Å². The molecule has 1 fully saturated rings. The average Bonchev–Trinajstić information content (AvgIpc) is 2.60. The lowest BCUT2D eigenvalue weighted by Gasteiger charge is -2.13. The fourth-order valence-corrected chi connectivity index (χ4v) is 1.66. The summed E-state index contributed by atoms with van der Waals surface area (Å²) in [6.45, 7) is 0.143. The number of non-ortho nitro benzene ring substituents is 1. The number of quaternary nitrogens is 1. The molecule has 1 aliphatic rings. The van der Waals surface area contributed by atoms with Crippen molar-refractivity contribution in [3.63, 3.8) is 0 Å². The SMILES string of the molecule is O=C1C[NH2+][C@@H](c2cccc([N+](=O)[O-])c2)N1O. The number of hydrogen-bond donors (Lipinski definition) is 2. The first-order valence-electron chi connectivity index (χ1n) is 4.68. The number of nitro groups is 1. The molecule has 0 saturated carbocycles. The molecule has 0 bridgehead atoms. The van der Waals surface area contributed by atoms with Crippen LogP contribution in [0.5, 0.6) is 0 Å². The summed E-state index contributed by atoms with van der Waals surface area (Å²) >= 11 is 0. The largest absolute Gasteiger partial charge is 0.313 e. The van der Waals surface area contributed by atoms with Crippen LogP contribution in [0.4, 0.5) is 5.69 Å². The number of hydroxylamine groups is 2. The molecule has 1 aromatic carbocycles. The van der Waals surface area contributed by atoms with Gasteiger partial charge in [0.05, 0.1) is 4.92 Å². The third kappa shape index (κ3) is 1.73. The molecule has 7 heteroatoms. The lowest BCUT2D eigenvalue weighted by atomic mass is 10.1. The predicted octanol–water partition coefficient (Wildman–Crippen LogP) is -0.612. The number of carbonyl (C=O) groups excluding carboxylic acids is 1. The number of hydrogen-bond acceptors (Lipinski definition) is 4. The molecule has 3 N–H and O–H groups in total. The van der Waals surface area contributed by atoms with Crippen molar-refractivity contribution in [2.24, 2.45) is 0 Å². The van der Waals surface area contributed by atoms with Crippen LogP contribution in [0.15, 0.2) is 24.3 Å². The molecule has 0 spiro atoms. The monoisotopic (exact) mass is 224 g/mol. The van der Waals surface area contributed by atoms with Crippen molar-refractivity contribution in [3.05, 3.63) is 39.9 Å². The summed E-state index contributed by atoms with van der Waals surface area (Å²) in [5, 5.41) is 22.2. The molecule has 16 heavy (non-hydrogen) atoms. The summed E-state index contributed by atoms with van der Waals surface area (Å²) < 4.78 is 0. The van der Waals surface area contributed by atoms with E-state index < -0.39 is 17.0 Å². The van der Waals surface area contributed by atoms with Gasteiger partial charge in [0.2, 0.25) is 6.17 Å². The van der Waals surface area contributed by atoms with Crippen molar-refractivity contribution in [2.45, 2.75) is 6.17 Å². The van der Waals surface area contributed by atoms with Gasteiger partial charge in [-0.1, -0.05) is 12.1 Å². The van der Waals surface area contributed by atoms with Crippen LogP contribution in [0.2, 0.25) is 0 Å². The number of rotatable bonds is 2. The summed E-state index contributed by atoms with van der Waals surface area (Å²) in [7, 11) is 0. The van der Waals surface area contributed by atoms with Crippen LogP contribution < -0.4 is 5.32 Å². The minimum absolute atomic E-state index is 0.0568. The molecule has 2 rings (SSSR count). The van der Waals surface area contributed by atoms with Crippen LogP contribution in [0.1, 0.15) is 11.7 Å². The minimum atomic E-state index is -0.590. The average molecular weight is 224 g/mol. The zero-order valence-electron chi connectivity index (χ0n) is 8.24. The Morgan fingerprint density at radius 2 is 2.31 bits per heavy atom. The lowest BCUT2D eigenvalue weighted by Crippen LogP contribution is -2.83. The quantitative estimate of drug-likeness (QED) is 0.397. The zero-order valence-corrected chi connectivity index (χ0v) is 8.24. The normalized spacial score (nSPS) is 20.2. The second-order valence-corrected chi connectivity index (χ2v) is 3.48. The summed E-state index contributed by atoms with van der Waals surface area (Å²) in [5.41, 5.74) is 0.473. The maximum absolute atomic E-state index is 11.1. The van der Waals surface area contributed by atoms with Crippen LogP contribution >= 0.6 is 0 Å². The maximum atomic E-state index is 11.1. The van der Waals surface area contributed by atoms with Crippen molar-refractivity contribution < 1.29 is 20.2 Å². The molecule has 1 heterocycles. The summed E-state index contributed by atoms with van der Waals surface area (Å²) in [5.74, 6) is -0.406. The van der Waals surface area contributed by atoms with Gasteiger partial charge in [0.15, 0.2) is 6.54 Å². The van der Waals surface area contributed by atoms with Crippen LogP contribution in [0, 0.1) is 10.1 Å². The van der Waals surface area contributed by atoms with Crippen LogP contribution in [-0.2, 0) is 4.79 Å². The highest BCUT2D eigenvalue weighted by Gasteiger charge is 2.35. The molecule has 0 aromatic heterocycles. The topological polar surface area (TPSA) is 100 Å². The summed E-state index contributed by atoms with van der Waals surface area (Å²) in [6, 6.07) is 5.87. The van der Waals surface area contributed by atoms with Gasteiger partial charge in [0.1, 0.15) is 0 Å². The smallest absolute Gasteiger partial charge is 0.306 e. The first kappa shape index (κ1) is 10.5. The Morgan fingerprint density at radius 1 is 1.56 bits per heavy atom. The van der Waals surface area contributed by atoms with E-state index in [1.165, 1.54) is 18.2 Å². The Labute approximate surface area is 90.4 Å². The molecule has 0 unspecified atom stereocenters. The van der Waals surface area contributed by atoms with E-state index in [-0.39, 0.29) is 12.2 Å². The molecule has 0 radical (unpaired) electrons.